The van der Waals surface area contributed by atoms with E-state index in [4.69, 9.17) is 4.74 Å². The lowest BCUT2D eigenvalue weighted by Gasteiger charge is -2.27. The van der Waals surface area contributed by atoms with Crippen LogP contribution in [0.3, 0.4) is 0 Å². The van der Waals surface area contributed by atoms with Gasteiger partial charge in [-0.25, -0.2) is 0 Å². The fourth-order valence-corrected chi connectivity index (χ4v) is 4.69. The van der Waals surface area contributed by atoms with Gasteiger partial charge in [0.05, 0.1) is 24.6 Å². The highest BCUT2D eigenvalue weighted by atomic mass is 32.1. The first-order valence-corrected chi connectivity index (χ1v) is 9.77. The summed E-state index contributed by atoms with van der Waals surface area (Å²) in [6.07, 6.45) is 0.977. The summed E-state index contributed by atoms with van der Waals surface area (Å²) in [6.45, 7) is 7.00. The largest absolute Gasteiger partial charge is 0.379 e. The zero-order valence-corrected chi connectivity index (χ0v) is 15.2. The van der Waals surface area contributed by atoms with Gasteiger partial charge in [0.2, 0.25) is 0 Å². The van der Waals surface area contributed by atoms with Crippen molar-refractivity contribution >= 4 is 11.3 Å². The van der Waals surface area contributed by atoms with E-state index in [-0.39, 0.29) is 0 Å². The summed E-state index contributed by atoms with van der Waals surface area (Å²) in [4.78, 5) is 2.48. The van der Waals surface area contributed by atoms with Crippen LogP contribution in [-0.4, -0.2) is 41.4 Å². The van der Waals surface area contributed by atoms with Crippen LogP contribution in [0.1, 0.15) is 22.3 Å². The predicted octanol–water partition coefficient (Wildman–Crippen LogP) is 3.85. The van der Waals surface area contributed by atoms with Gasteiger partial charge in [-0.05, 0) is 35.1 Å². The van der Waals surface area contributed by atoms with E-state index in [1.165, 1.54) is 39.1 Å². The summed E-state index contributed by atoms with van der Waals surface area (Å²) in [5, 5.41) is 12.2. The monoisotopic (exact) mass is 351 g/mol. The number of nitrogens with one attached hydrogen (secondary N) is 1. The van der Waals surface area contributed by atoms with Crippen LogP contribution in [0, 0.1) is 6.92 Å². The van der Waals surface area contributed by atoms with E-state index < -0.39 is 0 Å². The van der Waals surface area contributed by atoms with E-state index in [2.05, 4.69) is 51.0 Å². The molecular formula is C20H21N3OS. The smallest absolute Gasteiger partial charge is 0.0970 e. The molecule has 1 fully saturated rings. The molecular weight excluding hydrogens is 330 g/mol. The first-order chi connectivity index (χ1) is 12.3. The molecule has 1 aliphatic heterocycles. The minimum Gasteiger partial charge on any atom is -0.379 e. The minimum atomic E-state index is 0.846. The normalized spacial score (nSPS) is 16.8. The van der Waals surface area contributed by atoms with Crippen LogP contribution >= 0.6 is 11.3 Å². The van der Waals surface area contributed by atoms with Crippen molar-refractivity contribution in [2.45, 2.75) is 19.9 Å². The molecule has 1 N–H and O–H groups in total. The third-order valence-electron chi connectivity index (χ3n) is 5.44. The van der Waals surface area contributed by atoms with Crippen molar-refractivity contribution in [3.63, 3.8) is 0 Å². The quantitative estimate of drug-likeness (QED) is 0.609. The minimum absolute atomic E-state index is 0.846. The van der Waals surface area contributed by atoms with Gasteiger partial charge in [0.25, 0.3) is 0 Å². The lowest BCUT2D eigenvalue weighted by atomic mass is 9.97. The highest BCUT2D eigenvalue weighted by Gasteiger charge is 2.27. The molecule has 4 nitrogen and oxygen atoms in total. The second-order valence-corrected chi connectivity index (χ2v) is 7.67. The molecule has 2 aromatic heterocycles. The molecule has 1 aromatic carbocycles. The maximum atomic E-state index is 5.47. The number of aromatic amines is 1. The Balaban J connectivity index is 1.52. The average Bonchev–Trinajstić information content (AvgIpc) is 3.34. The summed E-state index contributed by atoms with van der Waals surface area (Å²) in [5.74, 6) is 0. The maximum Gasteiger partial charge on any atom is 0.0970 e. The standard InChI is InChI=1S/C20H21N3OS/c1-13-15(11-23-5-7-24-8-6-23)3-2-14-10-17-19(16-4-9-25-12-16)21-22-20(17)18(13)14/h2-4,9,12H,5-8,10-11H2,1H3,(H,21,22). The molecule has 0 amide bonds. The number of fused-ring (bicyclic) bond motifs is 3. The van der Waals surface area contributed by atoms with Crippen molar-refractivity contribution in [3.8, 4) is 22.5 Å². The Hall–Kier alpha value is -1.95. The number of morpholine rings is 1. The third-order valence-corrected chi connectivity index (χ3v) is 6.12. The molecule has 3 heterocycles. The summed E-state index contributed by atoms with van der Waals surface area (Å²) in [6, 6.07) is 6.78. The molecule has 0 saturated carbocycles. The topological polar surface area (TPSA) is 41.1 Å². The van der Waals surface area contributed by atoms with Crippen LogP contribution in [-0.2, 0) is 17.7 Å². The lowest BCUT2D eigenvalue weighted by molar-refractivity contribution is 0.0341. The average molecular weight is 351 g/mol. The molecule has 0 spiro atoms. The van der Waals surface area contributed by atoms with Crippen molar-refractivity contribution in [2.75, 3.05) is 26.3 Å². The fraction of sp³-hybridized carbons (Fsp3) is 0.350. The Morgan fingerprint density at radius 1 is 1.24 bits per heavy atom. The second kappa shape index (κ2) is 6.09. The summed E-state index contributed by atoms with van der Waals surface area (Å²) in [5.41, 5.74) is 10.5. The summed E-state index contributed by atoms with van der Waals surface area (Å²) in [7, 11) is 0. The number of H-pyrrole nitrogens is 1. The molecule has 25 heavy (non-hydrogen) atoms. The van der Waals surface area contributed by atoms with Crippen molar-refractivity contribution in [2.24, 2.45) is 0 Å². The van der Waals surface area contributed by atoms with Gasteiger partial charge >= 0.3 is 0 Å². The molecule has 5 heteroatoms. The molecule has 2 aliphatic rings. The molecule has 0 atom stereocenters. The van der Waals surface area contributed by atoms with Crippen LogP contribution < -0.4 is 0 Å². The van der Waals surface area contributed by atoms with Crippen LogP contribution in [0.2, 0.25) is 0 Å². The Morgan fingerprint density at radius 2 is 2.12 bits per heavy atom. The number of ether oxygens (including phenoxy) is 1. The molecule has 1 saturated heterocycles. The Bertz CT molecular complexity index is 907. The first-order valence-electron chi connectivity index (χ1n) is 8.83. The summed E-state index contributed by atoms with van der Waals surface area (Å²) >= 11 is 1.72. The SMILES string of the molecule is Cc1c(CN2CCOCC2)ccc2c1-c1[nH]nc(-c3ccsc3)c1C2. The zero-order chi connectivity index (χ0) is 16.8. The van der Waals surface area contributed by atoms with Gasteiger partial charge in [0.1, 0.15) is 0 Å². The number of hydrogen-bond donors (Lipinski definition) is 1. The Kier molecular flexibility index (Phi) is 3.73. The maximum absolute atomic E-state index is 5.47. The molecule has 0 unspecified atom stereocenters. The first kappa shape index (κ1) is 15.3. The van der Waals surface area contributed by atoms with Crippen molar-refractivity contribution in [3.05, 3.63) is 51.2 Å². The van der Waals surface area contributed by atoms with Gasteiger partial charge in [0.15, 0.2) is 0 Å². The van der Waals surface area contributed by atoms with Crippen LogP contribution in [0.5, 0.6) is 0 Å². The second-order valence-electron chi connectivity index (χ2n) is 6.89. The van der Waals surface area contributed by atoms with E-state index in [0.29, 0.717) is 0 Å². The van der Waals surface area contributed by atoms with Crippen molar-refractivity contribution < 1.29 is 4.74 Å². The van der Waals surface area contributed by atoms with Gasteiger partial charge in [0, 0.05) is 48.1 Å². The lowest BCUT2D eigenvalue weighted by Crippen LogP contribution is -2.35. The van der Waals surface area contributed by atoms with Crippen molar-refractivity contribution in [1.29, 1.82) is 0 Å². The van der Waals surface area contributed by atoms with Gasteiger partial charge in [-0.1, -0.05) is 12.1 Å². The number of aromatic nitrogens is 2. The Morgan fingerprint density at radius 3 is 2.92 bits per heavy atom. The highest BCUT2D eigenvalue weighted by molar-refractivity contribution is 7.08. The zero-order valence-electron chi connectivity index (χ0n) is 14.3. The van der Waals surface area contributed by atoms with E-state index in [1.54, 1.807) is 11.3 Å². The van der Waals surface area contributed by atoms with Crippen LogP contribution in [0.25, 0.3) is 22.5 Å². The fourth-order valence-electron chi connectivity index (χ4n) is 4.05. The molecule has 1 aliphatic carbocycles. The van der Waals surface area contributed by atoms with Gasteiger partial charge in [-0.2, -0.15) is 16.4 Å². The Labute approximate surface area is 151 Å². The molecule has 0 radical (unpaired) electrons. The van der Waals surface area contributed by atoms with Crippen LogP contribution in [0.15, 0.2) is 29.0 Å². The van der Waals surface area contributed by atoms with E-state index in [9.17, 15) is 0 Å². The molecule has 3 aromatic rings. The van der Waals surface area contributed by atoms with E-state index in [1.807, 2.05) is 0 Å². The van der Waals surface area contributed by atoms with Gasteiger partial charge in [-0.3, -0.25) is 10.00 Å². The number of nitrogens with zero attached hydrogens (tertiary/aromatic N) is 2. The molecule has 5 rings (SSSR count). The van der Waals surface area contributed by atoms with Crippen LogP contribution in [0.4, 0.5) is 0 Å². The van der Waals surface area contributed by atoms with E-state index >= 15 is 0 Å². The highest BCUT2D eigenvalue weighted by Crippen LogP contribution is 2.43. The number of rotatable bonds is 3. The summed E-state index contributed by atoms with van der Waals surface area (Å²) < 4.78 is 5.47. The van der Waals surface area contributed by atoms with Gasteiger partial charge in [-0.15, -0.1) is 0 Å². The van der Waals surface area contributed by atoms with Crippen molar-refractivity contribution in [1.82, 2.24) is 15.1 Å². The predicted molar refractivity (Wildman–Crippen MR) is 101 cm³/mol. The number of hydrogen-bond acceptors (Lipinski definition) is 4. The molecule has 0 bridgehead atoms. The number of thiophene rings is 1. The van der Waals surface area contributed by atoms with Gasteiger partial charge < -0.3 is 4.74 Å². The van der Waals surface area contributed by atoms with E-state index in [0.717, 1.165) is 45.0 Å². The number of benzene rings is 1. The third kappa shape index (κ3) is 2.54. The molecule has 128 valence electrons.